The third-order valence-electron chi connectivity index (χ3n) is 8.86. The lowest BCUT2D eigenvalue weighted by atomic mass is 9.59. The summed E-state index contributed by atoms with van der Waals surface area (Å²) in [7, 11) is 0. The van der Waals surface area contributed by atoms with Crippen LogP contribution in [0.5, 0.6) is 5.75 Å². The van der Waals surface area contributed by atoms with Crippen LogP contribution >= 0.6 is 0 Å². The van der Waals surface area contributed by atoms with E-state index in [1.54, 1.807) is 23.4 Å². The van der Waals surface area contributed by atoms with Crippen molar-refractivity contribution in [3.8, 4) is 5.75 Å². The minimum absolute atomic E-state index is 0.0622. The van der Waals surface area contributed by atoms with E-state index in [0.717, 1.165) is 47.9 Å². The van der Waals surface area contributed by atoms with Crippen LogP contribution in [0.1, 0.15) is 86.5 Å². The van der Waals surface area contributed by atoms with Gasteiger partial charge in [0.25, 0.3) is 5.91 Å². The maximum Gasteiger partial charge on any atom is 0.410 e. The first kappa shape index (κ1) is 31.7. The van der Waals surface area contributed by atoms with Crippen LogP contribution < -0.4 is 10.1 Å². The number of aromatic nitrogens is 1. The molecule has 8 nitrogen and oxygen atoms in total. The summed E-state index contributed by atoms with van der Waals surface area (Å²) >= 11 is 0. The van der Waals surface area contributed by atoms with E-state index < -0.39 is 5.60 Å². The van der Waals surface area contributed by atoms with Crippen molar-refractivity contribution in [3.05, 3.63) is 101 Å². The van der Waals surface area contributed by atoms with Crippen LogP contribution in [0.3, 0.4) is 0 Å². The zero-order valence-corrected chi connectivity index (χ0v) is 27.0. The van der Waals surface area contributed by atoms with Crippen molar-refractivity contribution in [1.82, 2.24) is 15.2 Å². The van der Waals surface area contributed by atoms with Gasteiger partial charge in [-0.25, -0.2) is 9.18 Å². The molecule has 2 saturated heterocycles. The standard InChI is InChI=1S/C37H42FN3O5/c1-24(40-34(42)28-17-32(21-39-20-28)45-31-13-15-44-16-14-31)25-5-7-26(8-6-25)33(27-9-11-30(38)12-10-27)29-18-37(19-29)22-41(23-37)35(43)46-36(2,3)4/h5-12,17,20-21,24,31H,13-16,18-19,22-23H2,1-4H3,(H,40,42)/t24-/m1/s1. The Balaban J connectivity index is 1.13. The Kier molecular flexibility index (Phi) is 8.88. The van der Waals surface area contributed by atoms with Gasteiger partial charge in [0.2, 0.25) is 0 Å². The molecule has 1 aromatic heterocycles. The highest BCUT2D eigenvalue weighted by Gasteiger charge is 2.53. The average Bonchev–Trinajstić information content (AvgIpc) is 2.98. The average molecular weight is 628 g/mol. The molecular weight excluding hydrogens is 585 g/mol. The molecule has 3 aromatic rings. The molecule has 2 aromatic carbocycles. The molecule has 0 bridgehead atoms. The van der Waals surface area contributed by atoms with Gasteiger partial charge in [-0.15, -0.1) is 0 Å². The van der Waals surface area contributed by atoms with Gasteiger partial charge in [-0.05, 0) is 81.0 Å². The fraction of sp³-hybridized carbons (Fsp3) is 0.432. The predicted molar refractivity (Wildman–Crippen MR) is 173 cm³/mol. The summed E-state index contributed by atoms with van der Waals surface area (Å²) < 4.78 is 30.8. The Labute approximate surface area is 269 Å². The van der Waals surface area contributed by atoms with Gasteiger partial charge in [-0.2, -0.15) is 0 Å². The quantitative estimate of drug-likeness (QED) is 0.301. The number of pyridine rings is 1. The van der Waals surface area contributed by atoms with Crippen molar-refractivity contribution >= 4 is 17.6 Å². The summed E-state index contributed by atoms with van der Waals surface area (Å²) in [5.41, 5.74) is 5.32. The smallest absolute Gasteiger partial charge is 0.410 e. The molecule has 46 heavy (non-hydrogen) atoms. The van der Waals surface area contributed by atoms with Crippen LogP contribution in [0, 0.1) is 11.2 Å². The minimum Gasteiger partial charge on any atom is -0.489 e. The van der Waals surface area contributed by atoms with Crippen LogP contribution in [0.4, 0.5) is 9.18 Å². The van der Waals surface area contributed by atoms with Gasteiger partial charge in [0, 0.05) is 37.5 Å². The van der Waals surface area contributed by atoms with Crippen LogP contribution in [0.15, 0.2) is 72.6 Å². The molecule has 3 fully saturated rings. The molecule has 3 heterocycles. The zero-order chi connectivity index (χ0) is 32.5. The van der Waals surface area contributed by atoms with Crippen molar-refractivity contribution in [2.75, 3.05) is 26.3 Å². The van der Waals surface area contributed by atoms with Crippen molar-refractivity contribution in [3.63, 3.8) is 0 Å². The first-order chi connectivity index (χ1) is 22.0. The number of rotatable bonds is 7. The number of nitrogens with one attached hydrogen (secondary N) is 1. The molecule has 2 aliphatic heterocycles. The van der Waals surface area contributed by atoms with Crippen molar-refractivity contribution < 1.29 is 28.2 Å². The number of amides is 2. The van der Waals surface area contributed by atoms with E-state index in [0.29, 0.717) is 37.6 Å². The molecule has 3 aliphatic rings. The summed E-state index contributed by atoms with van der Waals surface area (Å²) in [5, 5.41) is 3.08. The number of carbonyl (C=O) groups excluding carboxylic acids is 2. The molecule has 2 amide bonds. The van der Waals surface area contributed by atoms with E-state index >= 15 is 0 Å². The molecule has 0 unspecified atom stereocenters. The first-order valence-electron chi connectivity index (χ1n) is 16.0. The Morgan fingerprint density at radius 1 is 0.978 bits per heavy atom. The Bertz CT molecular complexity index is 1590. The topological polar surface area (TPSA) is 90.0 Å². The van der Waals surface area contributed by atoms with E-state index in [9.17, 15) is 14.0 Å². The van der Waals surface area contributed by atoms with Gasteiger partial charge >= 0.3 is 6.09 Å². The largest absolute Gasteiger partial charge is 0.489 e. The first-order valence-corrected chi connectivity index (χ1v) is 16.0. The van der Waals surface area contributed by atoms with E-state index in [1.165, 1.54) is 17.7 Å². The molecule has 242 valence electrons. The van der Waals surface area contributed by atoms with E-state index in [1.807, 2.05) is 52.0 Å². The number of carbonyl (C=O) groups is 2. The van der Waals surface area contributed by atoms with Gasteiger partial charge < -0.3 is 24.4 Å². The molecule has 1 N–H and O–H groups in total. The highest BCUT2D eigenvalue weighted by molar-refractivity contribution is 5.94. The van der Waals surface area contributed by atoms with Gasteiger partial charge in [0.15, 0.2) is 0 Å². The number of nitrogens with zero attached hydrogens (tertiary/aromatic N) is 2. The highest BCUT2D eigenvalue weighted by atomic mass is 19.1. The molecule has 6 rings (SSSR count). The summed E-state index contributed by atoms with van der Waals surface area (Å²) in [6.07, 6.45) is 6.35. The lowest BCUT2D eigenvalue weighted by Gasteiger charge is -2.57. The molecule has 9 heteroatoms. The second-order valence-electron chi connectivity index (χ2n) is 13.8. The Hall–Kier alpha value is -4.24. The molecular formula is C37H42FN3O5. The highest BCUT2D eigenvalue weighted by Crippen LogP contribution is 2.55. The van der Waals surface area contributed by atoms with E-state index in [2.05, 4.69) is 22.4 Å². The van der Waals surface area contributed by atoms with E-state index in [-0.39, 0.29) is 35.4 Å². The second-order valence-corrected chi connectivity index (χ2v) is 13.8. The maximum absolute atomic E-state index is 13.9. The second kappa shape index (κ2) is 12.9. The molecule has 1 aliphatic carbocycles. The Morgan fingerprint density at radius 3 is 2.24 bits per heavy atom. The number of benzene rings is 2. The predicted octanol–water partition coefficient (Wildman–Crippen LogP) is 7.10. The zero-order valence-electron chi connectivity index (χ0n) is 27.0. The van der Waals surface area contributed by atoms with Gasteiger partial charge in [-0.1, -0.05) is 42.0 Å². The fourth-order valence-electron chi connectivity index (χ4n) is 6.56. The summed E-state index contributed by atoms with van der Waals surface area (Å²) in [4.78, 5) is 31.6. The minimum atomic E-state index is -0.519. The summed E-state index contributed by atoms with van der Waals surface area (Å²) in [5.74, 6) is 0.0763. The van der Waals surface area contributed by atoms with Crippen LogP contribution in [0.2, 0.25) is 0 Å². The molecule has 1 atom stereocenters. The fourth-order valence-corrected chi connectivity index (χ4v) is 6.56. The number of hydrogen-bond acceptors (Lipinski definition) is 6. The van der Waals surface area contributed by atoms with Crippen LogP contribution in [-0.4, -0.2) is 59.9 Å². The summed E-state index contributed by atoms with van der Waals surface area (Å²) in [6, 6.07) is 16.3. The lowest BCUT2D eigenvalue weighted by Crippen LogP contribution is -2.62. The Morgan fingerprint density at radius 2 is 1.61 bits per heavy atom. The SMILES string of the molecule is C[C@@H](NC(=O)c1cncc(OC2CCOCC2)c1)c1ccc(C(=C2CC3(C2)CN(C(=O)OC(C)(C)C)C3)c2ccc(F)cc2)cc1. The van der Waals surface area contributed by atoms with Gasteiger partial charge in [-0.3, -0.25) is 9.78 Å². The summed E-state index contributed by atoms with van der Waals surface area (Å²) in [6.45, 7) is 10.3. The van der Waals surface area contributed by atoms with Gasteiger partial charge in [0.05, 0.1) is 31.0 Å². The number of halogens is 1. The number of likely N-dealkylation sites (tertiary alicyclic amines) is 1. The lowest BCUT2D eigenvalue weighted by molar-refractivity contribution is -0.0500. The number of hydrogen-bond donors (Lipinski definition) is 1. The normalized spacial score (nSPS) is 18.3. The maximum atomic E-state index is 13.9. The van der Waals surface area contributed by atoms with Crippen molar-refractivity contribution in [2.24, 2.45) is 5.41 Å². The molecule has 1 saturated carbocycles. The van der Waals surface area contributed by atoms with Gasteiger partial charge in [0.1, 0.15) is 23.3 Å². The molecule has 1 spiro atoms. The van der Waals surface area contributed by atoms with Crippen molar-refractivity contribution in [1.29, 1.82) is 0 Å². The number of ether oxygens (including phenoxy) is 3. The van der Waals surface area contributed by atoms with Crippen LogP contribution in [0.25, 0.3) is 5.57 Å². The third kappa shape index (κ3) is 7.25. The van der Waals surface area contributed by atoms with Crippen molar-refractivity contribution in [2.45, 2.75) is 71.1 Å². The monoisotopic (exact) mass is 627 g/mol. The van der Waals surface area contributed by atoms with Crippen LogP contribution in [-0.2, 0) is 9.47 Å². The number of allylic oxidation sites excluding steroid dienone is 1. The van der Waals surface area contributed by atoms with E-state index in [4.69, 9.17) is 14.2 Å². The molecule has 0 radical (unpaired) electrons. The third-order valence-corrected chi connectivity index (χ3v) is 8.86.